The maximum Gasteiger partial charge on any atom is 0.411 e. The fourth-order valence-electron chi connectivity index (χ4n) is 6.20. The smallest absolute Gasteiger partial charge is 0.411 e. The number of hydrogen-bond acceptors (Lipinski definition) is 8. The quantitative estimate of drug-likeness (QED) is 0.402. The number of hydrogen-bond donors (Lipinski definition) is 0. The molecule has 5 rings (SSSR count). The number of benzene rings is 1. The molecule has 4 aliphatic rings. The lowest BCUT2D eigenvalue weighted by molar-refractivity contribution is -0.251. The summed E-state index contributed by atoms with van der Waals surface area (Å²) >= 11 is 0. The van der Waals surface area contributed by atoms with Crippen molar-refractivity contribution in [3.8, 4) is 0 Å². The summed E-state index contributed by atoms with van der Waals surface area (Å²) in [6.45, 7) is 0.653. The van der Waals surface area contributed by atoms with Gasteiger partial charge in [-0.3, -0.25) is 9.69 Å². The molecule has 202 valence electrons. The number of amides is 2. The van der Waals surface area contributed by atoms with E-state index in [9.17, 15) is 14.4 Å². The summed E-state index contributed by atoms with van der Waals surface area (Å²) < 4.78 is 29.6. The van der Waals surface area contributed by atoms with Crippen molar-refractivity contribution in [3.05, 3.63) is 35.9 Å². The largest absolute Gasteiger partial charge is 0.467 e. The zero-order valence-electron chi connectivity index (χ0n) is 21.7. The van der Waals surface area contributed by atoms with E-state index in [4.69, 9.17) is 23.7 Å². The van der Waals surface area contributed by atoms with E-state index in [1.165, 1.54) is 12.0 Å². The van der Waals surface area contributed by atoms with E-state index in [1.54, 1.807) is 19.0 Å². The first kappa shape index (κ1) is 25.9. The molecule has 1 aromatic carbocycles. The SMILES string of the molecule is COC(=O)[C@@H]1C[C@@]2(OC3CCCCO3)[C@H](CC(=O)N(C)C)[C@@H]3O[C@@H]3C[C@H]2N1C(=O)OCc1ccccc1. The monoisotopic (exact) mass is 516 g/mol. The average Bonchev–Trinajstić information content (AvgIpc) is 3.61. The molecule has 0 spiro atoms. The van der Waals surface area contributed by atoms with Crippen molar-refractivity contribution in [1.82, 2.24) is 9.80 Å². The van der Waals surface area contributed by atoms with E-state index in [1.807, 2.05) is 30.3 Å². The van der Waals surface area contributed by atoms with Crippen LogP contribution < -0.4 is 0 Å². The van der Waals surface area contributed by atoms with Crippen molar-refractivity contribution in [2.45, 2.75) is 81.3 Å². The van der Waals surface area contributed by atoms with Gasteiger partial charge >= 0.3 is 12.1 Å². The van der Waals surface area contributed by atoms with Crippen molar-refractivity contribution in [1.29, 1.82) is 0 Å². The molecule has 10 heteroatoms. The second kappa shape index (κ2) is 10.6. The number of ether oxygens (including phenoxy) is 5. The van der Waals surface area contributed by atoms with Crippen LogP contribution >= 0.6 is 0 Å². The Labute approximate surface area is 217 Å². The second-order valence-corrected chi connectivity index (χ2v) is 10.5. The second-order valence-electron chi connectivity index (χ2n) is 10.5. The van der Waals surface area contributed by atoms with Crippen LogP contribution in [0.2, 0.25) is 0 Å². The van der Waals surface area contributed by atoms with E-state index >= 15 is 0 Å². The molecular formula is C27H36N2O8. The number of esters is 1. The van der Waals surface area contributed by atoms with Gasteiger partial charge in [0.1, 0.15) is 18.2 Å². The number of epoxide rings is 1. The topological polar surface area (TPSA) is 107 Å². The lowest BCUT2D eigenvalue weighted by Gasteiger charge is -2.46. The molecule has 1 aliphatic carbocycles. The molecule has 0 aromatic heterocycles. The zero-order valence-corrected chi connectivity index (χ0v) is 21.7. The van der Waals surface area contributed by atoms with Gasteiger partial charge in [-0.1, -0.05) is 30.3 Å². The summed E-state index contributed by atoms with van der Waals surface area (Å²) in [6, 6.07) is 7.94. The number of fused-ring (bicyclic) bond motifs is 2. The van der Waals surface area contributed by atoms with Crippen LogP contribution in [0.4, 0.5) is 4.79 Å². The summed E-state index contributed by atoms with van der Waals surface area (Å²) in [6.07, 6.45) is 2.07. The van der Waals surface area contributed by atoms with Crippen molar-refractivity contribution in [2.75, 3.05) is 27.8 Å². The summed E-state index contributed by atoms with van der Waals surface area (Å²) in [5.74, 6) is -0.950. The fraction of sp³-hybridized carbons (Fsp3) is 0.667. The number of likely N-dealkylation sites (tertiary alicyclic amines) is 1. The van der Waals surface area contributed by atoms with Gasteiger partial charge in [-0.2, -0.15) is 0 Å². The van der Waals surface area contributed by atoms with Gasteiger partial charge in [0, 0.05) is 39.5 Å². The van der Waals surface area contributed by atoms with Crippen LogP contribution in [0.15, 0.2) is 30.3 Å². The third-order valence-corrected chi connectivity index (χ3v) is 8.12. The normalized spacial score (nSPS) is 34.2. The average molecular weight is 517 g/mol. The summed E-state index contributed by atoms with van der Waals surface area (Å²) in [5, 5.41) is 0. The summed E-state index contributed by atoms with van der Waals surface area (Å²) in [5.41, 5.74) is -0.179. The highest BCUT2D eigenvalue weighted by Crippen LogP contribution is 2.57. The standard InChI is InChI=1S/C27H36N2O8/c1-28(2)22(30)13-18-24-20(36-24)14-21-27(18,37-23-11-7-8-12-34-23)15-19(25(31)33-3)29(21)26(32)35-16-17-9-5-4-6-10-17/h4-6,9-10,18-21,23-24H,7-8,11-16H2,1-3H3/t18-,19+,20-,21-,23?,24+,27-/m1/s1. The molecule has 3 aliphatic heterocycles. The van der Waals surface area contributed by atoms with Gasteiger partial charge in [-0.25, -0.2) is 9.59 Å². The Kier molecular flexibility index (Phi) is 7.42. The highest BCUT2D eigenvalue weighted by Gasteiger charge is 2.71. The molecule has 3 heterocycles. The van der Waals surface area contributed by atoms with E-state index in [0.29, 0.717) is 19.4 Å². The highest BCUT2D eigenvalue weighted by atomic mass is 16.7. The highest BCUT2D eigenvalue weighted by molar-refractivity contribution is 5.83. The predicted octanol–water partition coefficient (Wildman–Crippen LogP) is 2.49. The zero-order chi connectivity index (χ0) is 26.2. The predicted molar refractivity (Wildman–Crippen MR) is 130 cm³/mol. The third kappa shape index (κ3) is 5.06. The molecule has 10 nitrogen and oxygen atoms in total. The van der Waals surface area contributed by atoms with Gasteiger partial charge in [-0.05, 0) is 31.2 Å². The molecule has 1 aromatic rings. The number of rotatable bonds is 7. The van der Waals surface area contributed by atoms with Gasteiger partial charge < -0.3 is 28.6 Å². The van der Waals surface area contributed by atoms with Gasteiger partial charge in [-0.15, -0.1) is 0 Å². The van der Waals surface area contributed by atoms with Gasteiger partial charge in [0.15, 0.2) is 6.29 Å². The molecule has 1 saturated carbocycles. The van der Waals surface area contributed by atoms with Crippen molar-refractivity contribution < 1.29 is 38.1 Å². The van der Waals surface area contributed by atoms with Crippen LogP contribution in [0.3, 0.4) is 0 Å². The molecular weight excluding hydrogens is 480 g/mol. The van der Waals surface area contributed by atoms with Crippen LogP contribution in [-0.2, 0) is 39.9 Å². The van der Waals surface area contributed by atoms with E-state index in [0.717, 1.165) is 18.4 Å². The lowest BCUT2D eigenvalue weighted by atomic mass is 9.69. The van der Waals surface area contributed by atoms with Crippen LogP contribution in [0.1, 0.15) is 44.1 Å². The lowest BCUT2D eigenvalue weighted by Crippen LogP contribution is -2.60. The van der Waals surface area contributed by atoms with Gasteiger partial charge in [0.05, 0.1) is 25.4 Å². The molecule has 0 N–H and O–H groups in total. The maximum atomic E-state index is 13.6. The number of carbonyl (C=O) groups excluding carboxylic acids is 3. The first-order valence-electron chi connectivity index (χ1n) is 13.1. The van der Waals surface area contributed by atoms with Crippen LogP contribution in [0, 0.1) is 5.92 Å². The van der Waals surface area contributed by atoms with Crippen LogP contribution in [-0.4, -0.2) is 91.8 Å². The Balaban J connectivity index is 1.48. The Morgan fingerprint density at radius 3 is 2.62 bits per heavy atom. The number of nitrogens with zero attached hydrogens (tertiary/aromatic N) is 2. The minimum absolute atomic E-state index is 0.0628. The van der Waals surface area contributed by atoms with Gasteiger partial charge in [0.2, 0.25) is 5.91 Å². The summed E-state index contributed by atoms with van der Waals surface area (Å²) in [4.78, 5) is 42.6. The Bertz CT molecular complexity index is 997. The third-order valence-electron chi connectivity index (χ3n) is 8.12. The Hall–Kier alpha value is -2.69. The molecule has 37 heavy (non-hydrogen) atoms. The van der Waals surface area contributed by atoms with Crippen molar-refractivity contribution >= 4 is 18.0 Å². The Morgan fingerprint density at radius 2 is 1.95 bits per heavy atom. The summed E-state index contributed by atoms with van der Waals surface area (Å²) in [7, 11) is 4.73. The molecule has 7 atom stereocenters. The van der Waals surface area contributed by atoms with E-state index < -0.39 is 36.0 Å². The Morgan fingerprint density at radius 1 is 1.16 bits per heavy atom. The van der Waals surface area contributed by atoms with E-state index in [-0.39, 0.29) is 43.5 Å². The maximum absolute atomic E-state index is 13.6. The van der Waals surface area contributed by atoms with E-state index in [2.05, 4.69) is 0 Å². The van der Waals surface area contributed by atoms with Crippen molar-refractivity contribution in [2.24, 2.45) is 5.92 Å². The van der Waals surface area contributed by atoms with Crippen molar-refractivity contribution in [3.63, 3.8) is 0 Å². The fourth-order valence-corrected chi connectivity index (χ4v) is 6.20. The minimum atomic E-state index is -1.02. The first-order valence-corrected chi connectivity index (χ1v) is 13.1. The molecule has 0 radical (unpaired) electrons. The van der Waals surface area contributed by atoms with Crippen LogP contribution in [0.25, 0.3) is 0 Å². The molecule has 3 saturated heterocycles. The molecule has 0 bridgehead atoms. The number of methoxy groups -OCH3 is 1. The number of carbonyl (C=O) groups is 3. The molecule has 4 fully saturated rings. The molecule has 2 amide bonds. The molecule has 1 unspecified atom stereocenters. The van der Waals surface area contributed by atoms with Gasteiger partial charge in [0.25, 0.3) is 0 Å². The van der Waals surface area contributed by atoms with Crippen LogP contribution in [0.5, 0.6) is 0 Å². The first-order chi connectivity index (χ1) is 17.8. The minimum Gasteiger partial charge on any atom is -0.467 e.